The lowest BCUT2D eigenvalue weighted by molar-refractivity contribution is 1.35. The molecule has 0 aliphatic heterocycles. The number of aryl methyl sites for hydroxylation is 6. The van der Waals surface area contributed by atoms with Gasteiger partial charge in [-0.1, -0.05) is 108 Å². The summed E-state index contributed by atoms with van der Waals surface area (Å²) in [5.41, 5.74) is 15.6. The summed E-state index contributed by atoms with van der Waals surface area (Å²) in [5, 5.41) is 7.80. The van der Waals surface area contributed by atoms with E-state index in [0.29, 0.717) is 0 Å². The normalized spacial score (nSPS) is 11.6. The lowest BCUT2D eigenvalue weighted by Crippen LogP contribution is -1.97. The topological polar surface area (TPSA) is 0 Å². The molecule has 0 heterocycles. The van der Waals surface area contributed by atoms with Crippen LogP contribution in [0.25, 0.3) is 65.7 Å². The smallest absolute Gasteiger partial charge is 0.00197 e. The van der Waals surface area contributed by atoms with Gasteiger partial charge in [0.2, 0.25) is 0 Å². The van der Waals surface area contributed by atoms with Crippen molar-refractivity contribution >= 4 is 32.3 Å². The summed E-state index contributed by atoms with van der Waals surface area (Å²) in [4.78, 5) is 0. The Morgan fingerprint density at radius 2 is 0.762 bits per heavy atom. The first-order chi connectivity index (χ1) is 20.3. The fourth-order valence-electron chi connectivity index (χ4n) is 6.77. The minimum Gasteiger partial charge on any atom is -0.0622 e. The van der Waals surface area contributed by atoms with Gasteiger partial charge in [0.15, 0.2) is 0 Å². The summed E-state index contributed by atoms with van der Waals surface area (Å²) < 4.78 is 0. The zero-order chi connectivity index (χ0) is 29.1. The van der Waals surface area contributed by atoms with E-state index in [1.165, 1.54) is 99.1 Å². The molecule has 0 atom stereocenters. The lowest BCUT2D eigenvalue weighted by Gasteiger charge is -2.22. The van der Waals surface area contributed by atoms with Gasteiger partial charge in [0.25, 0.3) is 0 Å². The van der Waals surface area contributed by atoms with Crippen LogP contribution in [-0.4, -0.2) is 0 Å². The second-order valence-corrected chi connectivity index (χ2v) is 12.2. The molecule has 0 fully saturated rings. The molecule has 0 aromatic heterocycles. The molecule has 0 N–H and O–H groups in total. The highest BCUT2D eigenvalue weighted by Gasteiger charge is 2.21. The van der Waals surface area contributed by atoms with Crippen molar-refractivity contribution in [1.29, 1.82) is 0 Å². The highest BCUT2D eigenvalue weighted by atomic mass is 14.2. The van der Waals surface area contributed by atoms with Gasteiger partial charge in [-0.3, -0.25) is 0 Å². The largest absolute Gasteiger partial charge is 0.0622 e. The molecule has 0 bridgehead atoms. The van der Waals surface area contributed by atoms with Gasteiger partial charge in [-0.25, -0.2) is 0 Å². The molecule has 7 aromatic carbocycles. The van der Waals surface area contributed by atoms with E-state index in [4.69, 9.17) is 0 Å². The van der Waals surface area contributed by atoms with Crippen molar-refractivity contribution in [3.05, 3.63) is 143 Å². The Labute approximate surface area is 249 Å². The summed E-state index contributed by atoms with van der Waals surface area (Å²) in [7, 11) is 0. The van der Waals surface area contributed by atoms with Crippen LogP contribution in [0.3, 0.4) is 0 Å². The Hall–Kier alpha value is -4.68. The van der Waals surface area contributed by atoms with Crippen LogP contribution in [0.4, 0.5) is 0 Å². The highest BCUT2D eigenvalue weighted by Crippen LogP contribution is 2.48. The van der Waals surface area contributed by atoms with Crippen LogP contribution in [-0.2, 0) is 0 Å². The van der Waals surface area contributed by atoms with Gasteiger partial charge >= 0.3 is 0 Å². The maximum absolute atomic E-state index is 2.44. The first-order valence-corrected chi connectivity index (χ1v) is 14.9. The summed E-state index contributed by atoms with van der Waals surface area (Å²) in [5.74, 6) is 0. The van der Waals surface area contributed by atoms with Crippen LogP contribution >= 0.6 is 0 Å². The maximum atomic E-state index is 2.44. The molecule has 42 heavy (non-hydrogen) atoms. The fraction of sp³-hybridized carbons (Fsp3) is 0.143. The molecule has 7 rings (SSSR count). The van der Waals surface area contributed by atoms with Crippen molar-refractivity contribution in [2.45, 2.75) is 41.5 Å². The van der Waals surface area contributed by atoms with E-state index in [0.717, 1.165) is 0 Å². The second-order valence-electron chi connectivity index (χ2n) is 12.2. The van der Waals surface area contributed by atoms with E-state index in [9.17, 15) is 0 Å². The zero-order valence-corrected chi connectivity index (χ0v) is 25.4. The van der Waals surface area contributed by atoms with Crippen molar-refractivity contribution in [1.82, 2.24) is 0 Å². The third-order valence-electron chi connectivity index (χ3n) is 9.10. The van der Waals surface area contributed by atoms with E-state index in [-0.39, 0.29) is 0 Å². The molecule has 0 unspecified atom stereocenters. The van der Waals surface area contributed by atoms with Crippen molar-refractivity contribution < 1.29 is 0 Å². The van der Waals surface area contributed by atoms with Crippen LogP contribution in [0.5, 0.6) is 0 Å². The minimum atomic E-state index is 1.24. The van der Waals surface area contributed by atoms with E-state index in [1.807, 2.05) is 0 Å². The van der Waals surface area contributed by atoms with Gasteiger partial charge in [-0.2, -0.15) is 0 Å². The number of rotatable bonds is 3. The first-order valence-electron chi connectivity index (χ1n) is 14.9. The molecule has 0 saturated carbocycles. The molecule has 0 spiro atoms. The summed E-state index contributed by atoms with van der Waals surface area (Å²) in [6.45, 7) is 13.4. The monoisotopic (exact) mass is 540 g/mol. The van der Waals surface area contributed by atoms with Crippen LogP contribution in [0.1, 0.15) is 33.4 Å². The maximum Gasteiger partial charge on any atom is -0.00197 e. The van der Waals surface area contributed by atoms with Crippen molar-refractivity contribution in [3.63, 3.8) is 0 Å². The fourth-order valence-corrected chi connectivity index (χ4v) is 6.77. The Balaban J connectivity index is 1.74. The van der Waals surface area contributed by atoms with Crippen molar-refractivity contribution in [2.75, 3.05) is 0 Å². The van der Waals surface area contributed by atoms with Crippen molar-refractivity contribution in [2.24, 2.45) is 0 Å². The van der Waals surface area contributed by atoms with E-state index in [1.54, 1.807) is 0 Å². The van der Waals surface area contributed by atoms with Gasteiger partial charge in [-0.05, 0) is 142 Å². The Kier molecular flexibility index (Phi) is 6.24. The Bertz CT molecular complexity index is 2090. The molecular weight excluding hydrogens is 504 g/mol. The molecule has 0 aliphatic carbocycles. The van der Waals surface area contributed by atoms with Gasteiger partial charge in [0.05, 0.1) is 0 Å². The molecular formula is C42H36. The van der Waals surface area contributed by atoms with Gasteiger partial charge in [0.1, 0.15) is 0 Å². The molecule has 204 valence electrons. The van der Waals surface area contributed by atoms with E-state index < -0.39 is 0 Å². The molecule has 0 nitrogen and oxygen atoms in total. The SMILES string of the molecule is Cc1cc(C)cc(-c2c3cc(C)c(C)cc3c(-c3cc4ccccc4cc3-c3ccccc3)c3cc(C)c(C)cc23)c1. The van der Waals surface area contributed by atoms with Gasteiger partial charge < -0.3 is 0 Å². The molecule has 0 heteroatoms. The van der Waals surface area contributed by atoms with Crippen LogP contribution in [0.15, 0.2) is 109 Å². The van der Waals surface area contributed by atoms with Crippen LogP contribution in [0, 0.1) is 41.5 Å². The minimum absolute atomic E-state index is 1.24. The van der Waals surface area contributed by atoms with Crippen molar-refractivity contribution in [3.8, 4) is 33.4 Å². The Morgan fingerprint density at radius 1 is 0.333 bits per heavy atom. The first kappa shape index (κ1) is 26.2. The van der Waals surface area contributed by atoms with E-state index >= 15 is 0 Å². The number of benzene rings is 7. The molecule has 0 saturated heterocycles. The average Bonchev–Trinajstić information content (AvgIpc) is 2.97. The lowest BCUT2D eigenvalue weighted by atomic mass is 9.81. The van der Waals surface area contributed by atoms with Gasteiger partial charge in [-0.15, -0.1) is 0 Å². The summed E-state index contributed by atoms with van der Waals surface area (Å²) >= 11 is 0. The zero-order valence-electron chi connectivity index (χ0n) is 25.4. The molecule has 0 aliphatic rings. The summed E-state index contributed by atoms with van der Waals surface area (Å²) in [6.07, 6.45) is 0. The number of fused-ring (bicyclic) bond motifs is 3. The predicted molar refractivity (Wildman–Crippen MR) is 184 cm³/mol. The Morgan fingerprint density at radius 3 is 1.26 bits per heavy atom. The van der Waals surface area contributed by atoms with Crippen LogP contribution < -0.4 is 0 Å². The third-order valence-corrected chi connectivity index (χ3v) is 9.10. The van der Waals surface area contributed by atoms with Gasteiger partial charge in [0, 0.05) is 0 Å². The van der Waals surface area contributed by atoms with Crippen LogP contribution in [0.2, 0.25) is 0 Å². The predicted octanol–water partition coefficient (Wildman–Crippen LogP) is 12.0. The molecule has 0 radical (unpaired) electrons. The number of hydrogen-bond acceptors (Lipinski definition) is 0. The van der Waals surface area contributed by atoms with E-state index in [2.05, 4.69) is 151 Å². The highest BCUT2D eigenvalue weighted by molar-refractivity contribution is 6.23. The number of hydrogen-bond donors (Lipinski definition) is 0. The average molecular weight is 541 g/mol. The molecule has 0 amide bonds. The molecule has 7 aromatic rings. The standard InChI is InChI=1S/C42H36/c1-25-16-26(2)18-34(17-25)41-36-19-27(3)29(5)21-38(36)42(39-22-30(6)28(4)20-37(39)41)40-24-33-15-11-10-14-32(33)23-35(40)31-12-8-7-9-13-31/h7-24H,1-6H3. The quantitative estimate of drug-likeness (QED) is 0.196. The second kappa shape index (κ2) is 10.00. The third kappa shape index (κ3) is 4.30. The summed E-state index contributed by atoms with van der Waals surface area (Å²) in [6, 6.07) is 41.2.